The van der Waals surface area contributed by atoms with Crippen molar-refractivity contribution in [3.05, 3.63) is 35.0 Å². The molecule has 1 aromatic carbocycles. The van der Waals surface area contributed by atoms with Crippen molar-refractivity contribution in [3.63, 3.8) is 0 Å². The van der Waals surface area contributed by atoms with Gasteiger partial charge in [-0.25, -0.2) is 4.79 Å². The highest BCUT2D eigenvalue weighted by Crippen LogP contribution is 2.31. The Morgan fingerprint density at radius 2 is 1.91 bits per heavy atom. The van der Waals surface area contributed by atoms with Gasteiger partial charge in [0, 0.05) is 30.8 Å². The van der Waals surface area contributed by atoms with Crippen LogP contribution in [-0.4, -0.2) is 52.9 Å². The summed E-state index contributed by atoms with van der Waals surface area (Å²) in [7, 11) is 0. The van der Waals surface area contributed by atoms with Gasteiger partial charge in [0.1, 0.15) is 11.4 Å². The van der Waals surface area contributed by atoms with Crippen molar-refractivity contribution in [2.75, 3.05) is 13.1 Å². The van der Waals surface area contributed by atoms with E-state index in [1.54, 1.807) is 29.2 Å². The summed E-state index contributed by atoms with van der Waals surface area (Å²) in [6.07, 6.45) is 0.965. The molecule has 0 radical (unpaired) electrons. The van der Waals surface area contributed by atoms with E-state index in [1.807, 2.05) is 34.6 Å². The van der Waals surface area contributed by atoms with E-state index in [0.717, 1.165) is 0 Å². The van der Waals surface area contributed by atoms with Crippen LogP contribution in [0.2, 0.25) is 5.02 Å². The Bertz CT molecular complexity index is 959. The van der Waals surface area contributed by atoms with Gasteiger partial charge in [-0.05, 0) is 65.7 Å². The van der Waals surface area contributed by atoms with E-state index in [-0.39, 0.29) is 29.8 Å². The van der Waals surface area contributed by atoms with Crippen LogP contribution in [0, 0.1) is 0 Å². The smallest absolute Gasteiger partial charge is 0.410 e. The zero-order valence-corrected chi connectivity index (χ0v) is 19.9. The Hall–Kier alpha value is -2.74. The predicted octanol–water partition coefficient (Wildman–Crippen LogP) is 4.91. The van der Waals surface area contributed by atoms with Crippen LogP contribution in [0.3, 0.4) is 0 Å². The molecule has 2 aromatic rings. The summed E-state index contributed by atoms with van der Waals surface area (Å²) in [5.74, 6) is 0.704. The molecule has 174 valence electrons. The Balaban J connectivity index is 1.56. The lowest BCUT2D eigenvalue weighted by Crippen LogP contribution is -2.47. The maximum Gasteiger partial charge on any atom is 0.410 e. The Morgan fingerprint density at radius 3 is 2.50 bits per heavy atom. The SMILES string of the molecule is CC(C)Oc1ccc(-c2cc(C(=O)NC3CCN(C(=O)OC(C)(C)C)CC3)no2)cc1Cl. The summed E-state index contributed by atoms with van der Waals surface area (Å²) in [6, 6.07) is 6.81. The second-order valence-electron chi connectivity index (χ2n) is 9.10. The maximum atomic E-state index is 12.6. The first kappa shape index (κ1) is 23.9. The second kappa shape index (κ2) is 9.81. The highest BCUT2D eigenvalue weighted by atomic mass is 35.5. The third-order valence-electron chi connectivity index (χ3n) is 4.80. The van der Waals surface area contributed by atoms with Crippen LogP contribution < -0.4 is 10.1 Å². The van der Waals surface area contributed by atoms with Gasteiger partial charge in [0.15, 0.2) is 11.5 Å². The quantitative estimate of drug-likeness (QED) is 0.676. The standard InChI is InChI=1S/C23H30ClN3O5/c1-14(2)30-19-7-6-15(12-17(19)24)20-13-18(26-32-20)21(28)25-16-8-10-27(11-9-16)22(29)31-23(3,4)5/h6-7,12-14,16H,8-11H2,1-5H3,(H,25,28). The summed E-state index contributed by atoms with van der Waals surface area (Å²) >= 11 is 6.29. The molecule has 9 heteroatoms. The number of hydrogen-bond donors (Lipinski definition) is 1. The van der Waals surface area contributed by atoms with E-state index in [0.29, 0.717) is 48.0 Å². The number of carbonyl (C=O) groups excluding carboxylic acids is 2. The van der Waals surface area contributed by atoms with Gasteiger partial charge < -0.3 is 24.2 Å². The molecule has 3 rings (SSSR count). The third-order valence-corrected chi connectivity index (χ3v) is 5.10. The molecule has 1 aromatic heterocycles. The minimum absolute atomic E-state index is 0.00919. The molecule has 1 saturated heterocycles. The van der Waals surface area contributed by atoms with E-state index in [9.17, 15) is 9.59 Å². The van der Waals surface area contributed by atoms with Crippen molar-refractivity contribution in [3.8, 4) is 17.1 Å². The van der Waals surface area contributed by atoms with Gasteiger partial charge in [0.05, 0.1) is 11.1 Å². The minimum Gasteiger partial charge on any atom is -0.489 e. The van der Waals surface area contributed by atoms with Gasteiger partial charge in [0.2, 0.25) is 0 Å². The van der Waals surface area contributed by atoms with E-state index >= 15 is 0 Å². The molecule has 1 N–H and O–H groups in total. The molecule has 1 aliphatic rings. The van der Waals surface area contributed by atoms with Crippen LogP contribution in [0.1, 0.15) is 57.9 Å². The van der Waals surface area contributed by atoms with Crippen molar-refractivity contribution >= 4 is 23.6 Å². The summed E-state index contributed by atoms with van der Waals surface area (Å²) < 4.78 is 16.4. The van der Waals surface area contributed by atoms with Crippen LogP contribution in [0.5, 0.6) is 5.75 Å². The van der Waals surface area contributed by atoms with Crippen LogP contribution in [0.15, 0.2) is 28.8 Å². The Labute approximate surface area is 193 Å². The van der Waals surface area contributed by atoms with E-state index < -0.39 is 5.60 Å². The number of likely N-dealkylation sites (tertiary alicyclic amines) is 1. The van der Waals surface area contributed by atoms with Gasteiger partial charge in [0.25, 0.3) is 5.91 Å². The average molecular weight is 464 g/mol. The monoisotopic (exact) mass is 463 g/mol. The number of piperidine rings is 1. The molecule has 0 aliphatic carbocycles. The van der Waals surface area contributed by atoms with E-state index in [2.05, 4.69) is 10.5 Å². The average Bonchev–Trinajstić information content (AvgIpc) is 3.19. The fraction of sp³-hybridized carbons (Fsp3) is 0.522. The van der Waals surface area contributed by atoms with Crippen LogP contribution in [-0.2, 0) is 4.74 Å². The number of aromatic nitrogens is 1. The number of rotatable bonds is 5. The summed E-state index contributed by atoms with van der Waals surface area (Å²) in [4.78, 5) is 26.5. The number of nitrogens with one attached hydrogen (secondary N) is 1. The van der Waals surface area contributed by atoms with Crippen molar-refractivity contribution in [2.45, 2.75) is 65.2 Å². The number of nitrogens with zero attached hydrogens (tertiary/aromatic N) is 2. The van der Waals surface area contributed by atoms with Gasteiger partial charge >= 0.3 is 6.09 Å². The topological polar surface area (TPSA) is 93.9 Å². The van der Waals surface area contributed by atoms with Gasteiger partial charge in [-0.3, -0.25) is 4.79 Å². The van der Waals surface area contributed by atoms with Crippen LogP contribution in [0.4, 0.5) is 4.79 Å². The molecule has 0 bridgehead atoms. The molecule has 32 heavy (non-hydrogen) atoms. The van der Waals surface area contributed by atoms with Crippen molar-refractivity contribution in [2.24, 2.45) is 0 Å². The number of benzene rings is 1. The maximum absolute atomic E-state index is 12.6. The normalized spacial score (nSPS) is 15.0. The van der Waals surface area contributed by atoms with Crippen LogP contribution >= 0.6 is 11.6 Å². The highest BCUT2D eigenvalue weighted by Gasteiger charge is 2.28. The Kier molecular flexibility index (Phi) is 7.33. The van der Waals surface area contributed by atoms with Gasteiger partial charge in [-0.1, -0.05) is 16.8 Å². The summed E-state index contributed by atoms with van der Waals surface area (Å²) in [5.41, 5.74) is 0.357. The van der Waals surface area contributed by atoms with Gasteiger partial charge in [-0.2, -0.15) is 0 Å². The van der Waals surface area contributed by atoms with Crippen LogP contribution in [0.25, 0.3) is 11.3 Å². The molecule has 0 unspecified atom stereocenters. The zero-order valence-electron chi connectivity index (χ0n) is 19.1. The number of halogens is 1. The lowest BCUT2D eigenvalue weighted by Gasteiger charge is -2.33. The molecule has 1 aliphatic heterocycles. The molecule has 8 nitrogen and oxygen atoms in total. The number of hydrogen-bond acceptors (Lipinski definition) is 6. The van der Waals surface area contributed by atoms with E-state index in [4.69, 9.17) is 25.6 Å². The summed E-state index contributed by atoms with van der Waals surface area (Å²) in [5, 5.41) is 7.31. The number of ether oxygens (including phenoxy) is 2. The minimum atomic E-state index is -0.529. The lowest BCUT2D eigenvalue weighted by atomic mass is 10.1. The molecule has 2 heterocycles. The first-order chi connectivity index (χ1) is 15.0. The number of amides is 2. The highest BCUT2D eigenvalue weighted by molar-refractivity contribution is 6.32. The van der Waals surface area contributed by atoms with Crippen molar-refractivity contribution in [1.82, 2.24) is 15.4 Å². The molecular formula is C23H30ClN3O5. The molecule has 1 fully saturated rings. The zero-order chi connectivity index (χ0) is 23.5. The first-order valence-electron chi connectivity index (χ1n) is 10.7. The third kappa shape index (κ3) is 6.38. The molecular weight excluding hydrogens is 434 g/mol. The van der Waals surface area contributed by atoms with Crippen molar-refractivity contribution < 1.29 is 23.6 Å². The molecule has 0 saturated carbocycles. The lowest BCUT2D eigenvalue weighted by molar-refractivity contribution is 0.0199. The van der Waals surface area contributed by atoms with E-state index in [1.165, 1.54) is 0 Å². The molecule has 2 amide bonds. The largest absolute Gasteiger partial charge is 0.489 e. The molecule has 0 spiro atoms. The fourth-order valence-corrected chi connectivity index (χ4v) is 3.54. The number of carbonyl (C=O) groups is 2. The predicted molar refractivity (Wildman–Crippen MR) is 121 cm³/mol. The summed E-state index contributed by atoms with van der Waals surface area (Å²) in [6.45, 7) is 10.4. The van der Waals surface area contributed by atoms with Crippen molar-refractivity contribution in [1.29, 1.82) is 0 Å². The Morgan fingerprint density at radius 1 is 1.22 bits per heavy atom. The molecule has 0 atom stereocenters. The second-order valence-corrected chi connectivity index (χ2v) is 9.51. The fourth-order valence-electron chi connectivity index (χ4n) is 3.31. The first-order valence-corrected chi connectivity index (χ1v) is 11.1. The van der Waals surface area contributed by atoms with Gasteiger partial charge in [-0.15, -0.1) is 0 Å².